The van der Waals surface area contributed by atoms with Crippen molar-refractivity contribution >= 4 is 33.8 Å². The van der Waals surface area contributed by atoms with E-state index in [2.05, 4.69) is 27.0 Å². The molecule has 0 bridgehead atoms. The number of benzene rings is 1. The van der Waals surface area contributed by atoms with Crippen molar-refractivity contribution in [3.05, 3.63) is 52.4 Å². The number of nitrogens with zero attached hydrogens (tertiary/aromatic N) is 2. The molecule has 1 aromatic heterocycles. The highest BCUT2D eigenvalue weighted by Gasteiger charge is 2.46. The van der Waals surface area contributed by atoms with Crippen LogP contribution in [0.2, 0.25) is 0 Å². The average Bonchev–Trinajstić information content (AvgIpc) is 3.08. The Labute approximate surface area is 204 Å². The van der Waals surface area contributed by atoms with E-state index in [-0.39, 0.29) is 22.0 Å². The second-order valence-electron chi connectivity index (χ2n) is 8.97. The molecule has 1 saturated carbocycles. The number of alkyl halides is 2. The van der Waals surface area contributed by atoms with Crippen LogP contribution in [0.5, 0.6) is 0 Å². The van der Waals surface area contributed by atoms with Crippen molar-refractivity contribution in [1.82, 2.24) is 4.98 Å². The lowest BCUT2D eigenvalue weighted by Gasteiger charge is -2.20. The van der Waals surface area contributed by atoms with Crippen molar-refractivity contribution in [3.8, 4) is 0 Å². The lowest BCUT2D eigenvalue weighted by molar-refractivity contribution is 0.00742. The van der Waals surface area contributed by atoms with Crippen molar-refractivity contribution in [2.24, 2.45) is 15.7 Å². The zero-order valence-corrected chi connectivity index (χ0v) is 21.4. The van der Waals surface area contributed by atoms with E-state index in [0.717, 1.165) is 0 Å². The number of nitrogens with one attached hydrogen (secondary N) is 2. The first-order valence-corrected chi connectivity index (χ1v) is 12.7. The predicted octanol–water partition coefficient (Wildman–Crippen LogP) is 4.29. The van der Waals surface area contributed by atoms with E-state index in [4.69, 9.17) is 5.73 Å². The molecule has 0 aliphatic heterocycles. The molecule has 0 radical (unpaired) electrons. The monoisotopic (exact) mass is 509 g/mol. The molecule has 0 amide bonds. The summed E-state index contributed by atoms with van der Waals surface area (Å²) in [6, 6.07) is 5.85. The number of hydrogen-bond donors (Lipinski definition) is 3. The normalized spacial score (nSPS) is 20.0. The molecule has 11 heteroatoms. The maximum atomic E-state index is 13.9. The molecule has 0 unspecified atom stereocenters. The van der Waals surface area contributed by atoms with Gasteiger partial charge < -0.3 is 16.0 Å². The fourth-order valence-electron chi connectivity index (χ4n) is 3.63. The fraction of sp³-hybridized carbons (Fsp3) is 0.458. The molecule has 2 atom stereocenters. The summed E-state index contributed by atoms with van der Waals surface area (Å²) in [7, 11) is -3.54. The lowest BCUT2D eigenvalue weighted by atomic mass is 10.1. The SMILES string of the molecule is C=N[C@H]1CC(F)(F)C[C@@H]1Nc1cc[nH]c(=O)c1C(N)=Nc1ccc(S(=O)(=O)C(C)(C)C)cc1.CC. The Bertz CT molecular complexity index is 1230. The third-order valence-corrected chi connectivity index (χ3v) is 7.99. The zero-order valence-electron chi connectivity index (χ0n) is 20.6. The summed E-state index contributed by atoms with van der Waals surface area (Å²) < 4.78 is 51.9. The van der Waals surface area contributed by atoms with E-state index >= 15 is 0 Å². The molecule has 2 aromatic rings. The Kier molecular flexibility index (Phi) is 8.59. The molecule has 192 valence electrons. The molecule has 4 N–H and O–H groups in total. The maximum Gasteiger partial charge on any atom is 0.261 e. The summed E-state index contributed by atoms with van der Waals surface area (Å²) >= 11 is 0. The Morgan fingerprint density at radius 2 is 1.77 bits per heavy atom. The lowest BCUT2D eigenvalue weighted by Crippen LogP contribution is -2.32. The van der Waals surface area contributed by atoms with E-state index in [1.165, 1.54) is 36.5 Å². The number of rotatable bonds is 6. The number of anilines is 1. The van der Waals surface area contributed by atoms with Gasteiger partial charge in [-0.25, -0.2) is 22.2 Å². The van der Waals surface area contributed by atoms with Gasteiger partial charge in [-0.1, -0.05) is 13.8 Å². The van der Waals surface area contributed by atoms with Gasteiger partial charge in [0, 0.05) is 19.0 Å². The van der Waals surface area contributed by atoms with E-state index < -0.39 is 51.0 Å². The maximum absolute atomic E-state index is 13.9. The van der Waals surface area contributed by atoms with Crippen LogP contribution in [0.4, 0.5) is 20.2 Å². The molecular weight excluding hydrogens is 476 g/mol. The molecule has 0 saturated heterocycles. The van der Waals surface area contributed by atoms with E-state index in [9.17, 15) is 22.0 Å². The quantitative estimate of drug-likeness (QED) is 0.395. The second kappa shape index (κ2) is 10.7. The first kappa shape index (κ1) is 28.2. The molecule has 1 aliphatic rings. The number of nitrogens with two attached hydrogens (primary N) is 1. The van der Waals surface area contributed by atoms with Gasteiger partial charge in [0.15, 0.2) is 9.84 Å². The highest BCUT2D eigenvalue weighted by molar-refractivity contribution is 7.92. The van der Waals surface area contributed by atoms with Gasteiger partial charge in [-0.3, -0.25) is 9.79 Å². The van der Waals surface area contributed by atoms with Gasteiger partial charge >= 0.3 is 0 Å². The molecule has 3 rings (SSSR count). The highest BCUT2D eigenvalue weighted by Crippen LogP contribution is 2.38. The van der Waals surface area contributed by atoms with Gasteiger partial charge in [-0.05, 0) is 57.8 Å². The molecule has 8 nitrogen and oxygen atoms in total. The number of H-pyrrole nitrogens is 1. The van der Waals surface area contributed by atoms with Crippen LogP contribution in [0, 0.1) is 0 Å². The van der Waals surface area contributed by atoms with Gasteiger partial charge in [0.05, 0.1) is 33.1 Å². The number of amidine groups is 1. The predicted molar refractivity (Wildman–Crippen MR) is 137 cm³/mol. The zero-order chi connectivity index (χ0) is 26.6. The van der Waals surface area contributed by atoms with Crippen LogP contribution in [0.3, 0.4) is 0 Å². The minimum atomic E-state index is -3.54. The molecule has 35 heavy (non-hydrogen) atoms. The van der Waals surface area contributed by atoms with E-state index in [1.54, 1.807) is 20.8 Å². The summed E-state index contributed by atoms with van der Waals surface area (Å²) in [6.45, 7) is 12.2. The number of aromatic nitrogens is 1. The molecule has 1 heterocycles. The Morgan fingerprint density at radius 1 is 1.17 bits per heavy atom. The second-order valence-corrected chi connectivity index (χ2v) is 11.7. The number of sulfone groups is 1. The van der Waals surface area contributed by atoms with Gasteiger partial charge in [0.2, 0.25) is 0 Å². The molecule has 1 aliphatic carbocycles. The van der Waals surface area contributed by atoms with Crippen molar-refractivity contribution in [2.75, 3.05) is 5.32 Å². The van der Waals surface area contributed by atoms with Crippen LogP contribution >= 0.6 is 0 Å². The van der Waals surface area contributed by atoms with Gasteiger partial charge in [0.1, 0.15) is 11.4 Å². The fourth-order valence-corrected chi connectivity index (χ4v) is 4.83. The summed E-state index contributed by atoms with van der Waals surface area (Å²) in [5, 5.41) is 2.95. The summed E-state index contributed by atoms with van der Waals surface area (Å²) in [4.78, 5) is 23.2. The van der Waals surface area contributed by atoms with Crippen molar-refractivity contribution in [3.63, 3.8) is 0 Å². The largest absolute Gasteiger partial charge is 0.383 e. The van der Waals surface area contributed by atoms with Crippen molar-refractivity contribution in [2.45, 2.75) is 75.1 Å². The van der Waals surface area contributed by atoms with Crippen LogP contribution < -0.4 is 16.6 Å². The summed E-state index contributed by atoms with van der Waals surface area (Å²) in [5.41, 5.74) is 6.10. The number of pyridine rings is 1. The Morgan fingerprint density at radius 3 is 2.31 bits per heavy atom. The van der Waals surface area contributed by atoms with Crippen LogP contribution in [0.15, 0.2) is 56.2 Å². The minimum absolute atomic E-state index is 0.0121. The van der Waals surface area contributed by atoms with Crippen LogP contribution in [-0.4, -0.2) is 48.7 Å². The van der Waals surface area contributed by atoms with E-state index in [0.29, 0.717) is 5.69 Å². The minimum Gasteiger partial charge on any atom is -0.383 e. The number of hydrogen-bond acceptors (Lipinski definition) is 6. The summed E-state index contributed by atoms with van der Waals surface area (Å²) in [6.07, 6.45) is 0.487. The molecule has 1 aromatic carbocycles. The van der Waals surface area contributed by atoms with Gasteiger partial charge in [-0.2, -0.15) is 0 Å². The van der Waals surface area contributed by atoms with Crippen LogP contribution in [0.25, 0.3) is 0 Å². The highest BCUT2D eigenvalue weighted by atomic mass is 32.2. The number of halogens is 2. The van der Waals surface area contributed by atoms with Crippen LogP contribution in [-0.2, 0) is 9.84 Å². The molecular formula is C24H33F2N5O3S. The first-order chi connectivity index (χ1) is 16.2. The topological polar surface area (TPSA) is 130 Å². The third-order valence-electron chi connectivity index (χ3n) is 5.49. The molecule has 1 fully saturated rings. The third kappa shape index (κ3) is 6.33. The van der Waals surface area contributed by atoms with E-state index in [1.807, 2.05) is 13.8 Å². The average molecular weight is 510 g/mol. The van der Waals surface area contributed by atoms with Crippen LogP contribution in [0.1, 0.15) is 53.0 Å². The Hall–Kier alpha value is -3.08. The van der Waals surface area contributed by atoms with Crippen molar-refractivity contribution < 1.29 is 17.2 Å². The van der Waals surface area contributed by atoms with Gasteiger partial charge in [-0.15, -0.1) is 0 Å². The molecule has 0 spiro atoms. The summed E-state index contributed by atoms with van der Waals surface area (Å²) in [5.74, 6) is -3.04. The Balaban J connectivity index is 0.00000210. The smallest absolute Gasteiger partial charge is 0.261 e. The number of aromatic amines is 1. The standard InChI is InChI=1S/C22H27F2N5O3S.C2H6/c1-21(2,3)33(31,32)14-7-5-13(6-8-14)28-19(25)18-15(9-10-27-20(18)30)29-17-12-22(23,24)11-16(17)26-4;1-2/h5-10,16-17H,4,11-12H2,1-3H3,(H2,25,28)(H2,27,29,30);1-2H3/t16-,17-;/m0./s1. The van der Waals surface area contributed by atoms with Crippen molar-refractivity contribution in [1.29, 1.82) is 0 Å². The van der Waals surface area contributed by atoms with Gasteiger partial charge in [0.25, 0.3) is 11.5 Å². The number of aliphatic imine (C=N–C) groups is 2. The first-order valence-electron chi connectivity index (χ1n) is 11.3.